The molecule has 0 bridgehead atoms. The quantitative estimate of drug-likeness (QED) is 0.611. The van der Waals surface area contributed by atoms with E-state index in [1.54, 1.807) is 0 Å². The lowest BCUT2D eigenvalue weighted by Gasteiger charge is -2.55. The Morgan fingerprint density at radius 2 is 2.20 bits per heavy atom. The first kappa shape index (κ1) is 9.83. The van der Waals surface area contributed by atoms with Crippen LogP contribution in [-0.2, 0) is 9.53 Å². The molecule has 0 spiro atoms. The summed E-state index contributed by atoms with van der Waals surface area (Å²) in [5.74, 6) is 1.08. The standard InChI is InChI=1S/C13H20O2/c1-10-8-15-9-12-4-2-5-13(10,12)7-11(14)3-6-12/h10H,2-9H2,1H3/t10-,12+,13?/m1/s1. The molecule has 15 heavy (non-hydrogen) atoms. The fourth-order valence-electron chi connectivity index (χ4n) is 4.55. The van der Waals surface area contributed by atoms with E-state index in [1.165, 1.54) is 19.3 Å². The van der Waals surface area contributed by atoms with E-state index in [9.17, 15) is 4.79 Å². The minimum absolute atomic E-state index is 0.320. The number of ketones is 1. The summed E-state index contributed by atoms with van der Waals surface area (Å²) in [7, 11) is 0. The Balaban J connectivity index is 2.03. The second-order valence-corrected chi connectivity index (χ2v) is 5.92. The smallest absolute Gasteiger partial charge is 0.133 e. The van der Waals surface area contributed by atoms with E-state index < -0.39 is 0 Å². The third-order valence-corrected chi connectivity index (χ3v) is 5.42. The number of rotatable bonds is 0. The van der Waals surface area contributed by atoms with Gasteiger partial charge in [-0.1, -0.05) is 13.3 Å². The molecule has 0 N–H and O–H groups in total. The third-order valence-electron chi connectivity index (χ3n) is 5.42. The first-order valence-electron chi connectivity index (χ1n) is 6.28. The minimum Gasteiger partial charge on any atom is -0.381 e. The van der Waals surface area contributed by atoms with Crippen LogP contribution in [0.15, 0.2) is 0 Å². The molecule has 2 aliphatic carbocycles. The highest BCUT2D eigenvalue weighted by molar-refractivity contribution is 5.80. The topological polar surface area (TPSA) is 26.3 Å². The molecule has 0 radical (unpaired) electrons. The number of hydrogen-bond acceptors (Lipinski definition) is 2. The van der Waals surface area contributed by atoms with Gasteiger partial charge in [-0.05, 0) is 30.6 Å². The normalized spacial score (nSPS) is 49.9. The molecule has 1 saturated heterocycles. The maximum Gasteiger partial charge on any atom is 0.133 e. The van der Waals surface area contributed by atoms with Crippen molar-refractivity contribution in [1.29, 1.82) is 0 Å². The number of ether oxygens (including phenoxy) is 1. The molecule has 3 atom stereocenters. The fourth-order valence-corrected chi connectivity index (χ4v) is 4.55. The van der Waals surface area contributed by atoms with Crippen LogP contribution in [0.3, 0.4) is 0 Å². The first-order chi connectivity index (χ1) is 7.19. The summed E-state index contributed by atoms with van der Waals surface area (Å²) in [4.78, 5) is 11.8. The maximum atomic E-state index is 11.8. The van der Waals surface area contributed by atoms with Crippen molar-refractivity contribution in [2.24, 2.45) is 16.7 Å². The largest absolute Gasteiger partial charge is 0.381 e. The molecule has 3 rings (SSSR count). The lowest BCUT2D eigenvalue weighted by molar-refractivity contribution is -0.165. The van der Waals surface area contributed by atoms with Gasteiger partial charge in [-0.3, -0.25) is 4.79 Å². The average molecular weight is 208 g/mol. The Morgan fingerprint density at radius 1 is 1.33 bits per heavy atom. The molecule has 3 aliphatic rings. The minimum atomic E-state index is 0.320. The molecule has 3 fully saturated rings. The number of hydrogen-bond donors (Lipinski definition) is 0. The van der Waals surface area contributed by atoms with Gasteiger partial charge in [0.15, 0.2) is 0 Å². The molecule has 2 heteroatoms. The molecule has 1 aliphatic heterocycles. The van der Waals surface area contributed by atoms with Crippen molar-refractivity contribution >= 4 is 5.78 Å². The molecule has 2 nitrogen and oxygen atoms in total. The summed E-state index contributed by atoms with van der Waals surface area (Å²) >= 11 is 0. The monoisotopic (exact) mass is 208 g/mol. The zero-order chi connectivity index (χ0) is 10.5. The van der Waals surface area contributed by atoms with Gasteiger partial charge in [-0.25, -0.2) is 0 Å². The molecule has 1 heterocycles. The van der Waals surface area contributed by atoms with Crippen LogP contribution in [0.2, 0.25) is 0 Å². The van der Waals surface area contributed by atoms with Crippen LogP contribution in [0, 0.1) is 16.7 Å². The van der Waals surface area contributed by atoms with Crippen molar-refractivity contribution in [2.45, 2.75) is 45.4 Å². The highest BCUT2D eigenvalue weighted by Crippen LogP contribution is 2.65. The summed E-state index contributed by atoms with van der Waals surface area (Å²) < 4.78 is 5.77. The molecule has 0 aromatic rings. The van der Waals surface area contributed by atoms with E-state index in [4.69, 9.17) is 4.74 Å². The van der Waals surface area contributed by atoms with Crippen molar-refractivity contribution in [3.63, 3.8) is 0 Å². The van der Waals surface area contributed by atoms with Gasteiger partial charge < -0.3 is 4.74 Å². The SMILES string of the molecule is C[C@@H]1COC[C@@]23CCCC12CC(=O)CC3. The van der Waals surface area contributed by atoms with Crippen LogP contribution in [0.5, 0.6) is 0 Å². The van der Waals surface area contributed by atoms with Gasteiger partial charge in [0.25, 0.3) is 0 Å². The molecule has 2 saturated carbocycles. The Bertz CT molecular complexity index is 299. The fraction of sp³-hybridized carbons (Fsp3) is 0.923. The van der Waals surface area contributed by atoms with E-state index in [1.807, 2.05) is 0 Å². The van der Waals surface area contributed by atoms with E-state index in [0.29, 0.717) is 22.5 Å². The summed E-state index contributed by atoms with van der Waals surface area (Å²) in [5, 5.41) is 0. The van der Waals surface area contributed by atoms with E-state index in [2.05, 4.69) is 6.92 Å². The molecule has 0 aromatic heterocycles. The van der Waals surface area contributed by atoms with Gasteiger partial charge in [0.2, 0.25) is 0 Å². The van der Waals surface area contributed by atoms with Crippen LogP contribution in [0.25, 0.3) is 0 Å². The molecular formula is C13H20O2. The second kappa shape index (κ2) is 3.07. The highest BCUT2D eigenvalue weighted by atomic mass is 16.5. The number of carbonyl (C=O) groups is 1. The van der Waals surface area contributed by atoms with Crippen molar-refractivity contribution in [3.05, 3.63) is 0 Å². The van der Waals surface area contributed by atoms with Crippen molar-refractivity contribution in [3.8, 4) is 0 Å². The van der Waals surface area contributed by atoms with Crippen LogP contribution >= 0.6 is 0 Å². The lowest BCUT2D eigenvalue weighted by atomic mass is 9.52. The van der Waals surface area contributed by atoms with Gasteiger partial charge in [0, 0.05) is 24.9 Å². The maximum absolute atomic E-state index is 11.8. The summed E-state index contributed by atoms with van der Waals surface area (Å²) in [6.07, 6.45) is 6.61. The molecular weight excluding hydrogens is 188 g/mol. The molecule has 0 amide bonds. The van der Waals surface area contributed by atoms with Crippen LogP contribution < -0.4 is 0 Å². The number of carbonyl (C=O) groups excluding carboxylic acids is 1. The highest BCUT2D eigenvalue weighted by Gasteiger charge is 2.61. The summed E-state index contributed by atoms with van der Waals surface area (Å²) in [6.45, 7) is 4.08. The Kier molecular flexibility index (Phi) is 2.01. The lowest BCUT2D eigenvalue weighted by Crippen LogP contribution is -2.54. The van der Waals surface area contributed by atoms with Gasteiger partial charge in [0.05, 0.1) is 6.61 Å². The van der Waals surface area contributed by atoms with Gasteiger partial charge in [0.1, 0.15) is 5.78 Å². The van der Waals surface area contributed by atoms with E-state index >= 15 is 0 Å². The third kappa shape index (κ3) is 1.12. The zero-order valence-corrected chi connectivity index (χ0v) is 9.55. The van der Waals surface area contributed by atoms with Gasteiger partial charge in [-0.15, -0.1) is 0 Å². The second-order valence-electron chi connectivity index (χ2n) is 5.92. The van der Waals surface area contributed by atoms with Gasteiger partial charge in [-0.2, -0.15) is 0 Å². The zero-order valence-electron chi connectivity index (χ0n) is 9.55. The van der Waals surface area contributed by atoms with Crippen molar-refractivity contribution in [1.82, 2.24) is 0 Å². The van der Waals surface area contributed by atoms with E-state index in [-0.39, 0.29) is 0 Å². The van der Waals surface area contributed by atoms with Crippen molar-refractivity contribution in [2.75, 3.05) is 13.2 Å². The molecule has 1 unspecified atom stereocenters. The van der Waals surface area contributed by atoms with Crippen molar-refractivity contribution < 1.29 is 9.53 Å². The van der Waals surface area contributed by atoms with Crippen LogP contribution in [0.4, 0.5) is 0 Å². The Labute approximate surface area is 91.4 Å². The van der Waals surface area contributed by atoms with Crippen LogP contribution in [0.1, 0.15) is 45.4 Å². The summed E-state index contributed by atoms with van der Waals surface area (Å²) in [5.41, 5.74) is 0.694. The Hall–Kier alpha value is -0.370. The van der Waals surface area contributed by atoms with Crippen LogP contribution in [-0.4, -0.2) is 19.0 Å². The summed E-state index contributed by atoms with van der Waals surface area (Å²) in [6, 6.07) is 0. The van der Waals surface area contributed by atoms with Gasteiger partial charge >= 0.3 is 0 Å². The average Bonchev–Trinajstić information content (AvgIpc) is 2.59. The predicted octanol–water partition coefficient (Wildman–Crippen LogP) is 2.56. The molecule has 0 aromatic carbocycles. The first-order valence-corrected chi connectivity index (χ1v) is 6.28. The molecule has 84 valence electrons. The Morgan fingerprint density at radius 3 is 3.07 bits per heavy atom. The number of Topliss-reactive ketones (excluding diaryl/α,β-unsaturated/α-hetero) is 1. The van der Waals surface area contributed by atoms with E-state index in [0.717, 1.165) is 32.5 Å². The predicted molar refractivity (Wildman–Crippen MR) is 57.6 cm³/mol.